The Kier molecular flexibility index (Phi) is 4.38. The smallest absolute Gasteiger partial charge is 0.267 e. The molecule has 0 atom stereocenters. The fourth-order valence-electron chi connectivity index (χ4n) is 2.25. The highest BCUT2D eigenvalue weighted by molar-refractivity contribution is 5.90. The molecule has 0 aromatic carbocycles. The number of hydrogen-bond donors (Lipinski definition) is 1. The number of carbonyl (C=O) groups excluding carboxylic acids is 1. The lowest BCUT2D eigenvalue weighted by molar-refractivity contribution is -0.117. The fourth-order valence-corrected chi connectivity index (χ4v) is 2.25. The molecule has 0 aliphatic heterocycles. The highest BCUT2D eigenvalue weighted by atomic mass is 16.2. The van der Waals surface area contributed by atoms with Gasteiger partial charge in [0.25, 0.3) is 11.5 Å². The van der Waals surface area contributed by atoms with E-state index in [1.807, 2.05) is 20.8 Å². The lowest BCUT2D eigenvalue weighted by atomic mass is 10.2. The summed E-state index contributed by atoms with van der Waals surface area (Å²) in [5, 5.41) is 10.9. The van der Waals surface area contributed by atoms with E-state index >= 15 is 0 Å². The van der Waals surface area contributed by atoms with E-state index in [1.54, 1.807) is 4.68 Å². The maximum Gasteiger partial charge on any atom is 0.267 e. The van der Waals surface area contributed by atoms with E-state index in [0.717, 1.165) is 21.6 Å². The summed E-state index contributed by atoms with van der Waals surface area (Å²) in [6.45, 7) is 5.67. The van der Waals surface area contributed by atoms with Gasteiger partial charge in [0, 0.05) is 18.0 Å². The van der Waals surface area contributed by atoms with Gasteiger partial charge in [0.1, 0.15) is 6.54 Å². The molecule has 0 bridgehead atoms. The van der Waals surface area contributed by atoms with E-state index in [-0.39, 0.29) is 18.0 Å². The minimum atomic E-state index is -0.390. The van der Waals surface area contributed by atoms with Crippen LogP contribution in [0.1, 0.15) is 17.0 Å². The predicted octanol–water partition coefficient (Wildman–Crippen LogP) is 0.783. The molecule has 0 spiro atoms. The van der Waals surface area contributed by atoms with Crippen LogP contribution >= 0.6 is 0 Å². The SMILES string of the molecule is Cc1nn(-c2ncc(NC(=O)Cn3ncccc3=O)cn2)c(C)c1C. The number of nitrogens with zero attached hydrogens (tertiary/aromatic N) is 6. The first-order valence-electron chi connectivity index (χ1n) is 7.63. The molecular weight excluding hydrogens is 322 g/mol. The largest absolute Gasteiger partial charge is 0.322 e. The number of hydrogen-bond acceptors (Lipinski definition) is 6. The second-order valence-corrected chi connectivity index (χ2v) is 5.55. The number of nitrogens with one attached hydrogen (secondary N) is 1. The maximum atomic E-state index is 12.0. The Labute approximate surface area is 143 Å². The molecule has 0 saturated heterocycles. The van der Waals surface area contributed by atoms with Gasteiger partial charge in [-0.1, -0.05) is 0 Å². The summed E-state index contributed by atoms with van der Waals surface area (Å²) in [6, 6.07) is 2.86. The molecule has 9 nitrogen and oxygen atoms in total. The van der Waals surface area contributed by atoms with E-state index in [9.17, 15) is 9.59 Å². The van der Waals surface area contributed by atoms with Crippen LogP contribution in [0.2, 0.25) is 0 Å². The van der Waals surface area contributed by atoms with Crippen molar-refractivity contribution in [1.82, 2.24) is 29.5 Å². The standard InChI is InChI=1S/C16H17N7O2/c1-10-11(2)21-23(12(10)3)16-17-7-13(8-18-16)20-14(24)9-22-15(25)5-4-6-19-22/h4-8H,9H2,1-3H3,(H,20,24). The van der Waals surface area contributed by atoms with E-state index in [4.69, 9.17) is 0 Å². The van der Waals surface area contributed by atoms with Gasteiger partial charge in [0.15, 0.2) is 0 Å². The molecule has 0 aliphatic rings. The predicted molar refractivity (Wildman–Crippen MR) is 90.5 cm³/mol. The van der Waals surface area contributed by atoms with Crippen LogP contribution in [0.3, 0.4) is 0 Å². The highest BCUT2D eigenvalue weighted by Crippen LogP contribution is 2.14. The third kappa shape index (κ3) is 3.44. The van der Waals surface area contributed by atoms with Crippen molar-refractivity contribution in [1.29, 1.82) is 0 Å². The molecule has 3 heterocycles. The molecule has 0 saturated carbocycles. The molecule has 3 rings (SSSR count). The monoisotopic (exact) mass is 339 g/mol. The van der Waals surface area contributed by atoms with E-state index in [2.05, 4.69) is 25.5 Å². The Morgan fingerprint density at radius 2 is 1.92 bits per heavy atom. The highest BCUT2D eigenvalue weighted by Gasteiger charge is 2.11. The lowest BCUT2D eigenvalue weighted by Crippen LogP contribution is -2.28. The zero-order chi connectivity index (χ0) is 18.0. The van der Waals surface area contributed by atoms with Gasteiger partial charge in [-0.3, -0.25) is 9.59 Å². The van der Waals surface area contributed by atoms with Gasteiger partial charge < -0.3 is 5.32 Å². The first kappa shape index (κ1) is 16.5. The van der Waals surface area contributed by atoms with Gasteiger partial charge in [0.2, 0.25) is 5.91 Å². The fraction of sp³-hybridized carbons (Fsp3) is 0.250. The van der Waals surface area contributed by atoms with Crippen LogP contribution < -0.4 is 10.9 Å². The Morgan fingerprint density at radius 1 is 1.20 bits per heavy atom. The van der Waals surface area contributed by atoms with Crippen molar-refractivity contribution < 1.29 is 4.79 Å². The van der Waals surface area contributed by atoms with Crippen LogP contribution in [0.5, 0.6) is 0 Å². The van der Waals surface area contributed by atoms with Crippen LogP contribution in [0.25, 0.3) is 5.95 Å². The Hall–Kier alpha value is -3.36. The van der Waals surface area contributed by atoms with Crippen molar-refractivity contribution in [3.63, 3.8) is 0 Å². The van der Waals surface area contributed by atoms with Crippen molar-refractivity contribution >= 4 is 11.6 Å². The molecule has 0 unspecified atom stereocenters. The van der Waals surface area contributed by atoms with Crippen LogP contribution in [0, 0.1) is 20.8 Å². The maximum absolute atomic E-state index is 12.0. The van der Waals surface area contributed by atoms with Crippen LogP contribution in [0.15, 0.2) is 35.5 Å². The first-order chi connectivity index (χ1) is 12.0. The summed E-state index contributed by atoms with van der Waals surface area (Å²) in [5.74, 6) is 0.0340. The zero-order valence-electron chi connectivity index (χ0n) is 14.1. The topological polar surface area (TPSA) is 108 Å². The first-order valence-corrected chi connectivity index (χ1v) is 7.63. The Morgan fingerprint density at radius 3 is 2.52 bits per heavy atom. The molecule has 128 valence electrons. The molecule has 25 heavy (non-hydrogen) atoms. The molecular formula is C16H17N7O2. The third-order valence-electron chi connectivity index (χ3n) is 3.84. The number of amides is 1. The summed E-state index contributed by atoms with van der Waals surface area (Å²) >= 11 is 0. The summed E-state index contributed by atoms with van der Waals surface area (Å²) in [7, 11) is 0. The minimum absolute atomic E-state index is 0.182. The second-order valence-electron chi connectivity index (χ2n) is 5.55. The molecule has 0 aliphatic carbocycles. The van der Waals surface area contributed by atoms with Gasteiger partial charge in [-0.15, -0.1) is 0 Å². The van der Waals surface area contributed by atoms with E-state index in [1.165, 1.54) is 30.7 Å². The van der Waals surface area contributed by atoms with E-state index < -0.39 is 0 Å². The summed E-state index contributed by atoms with van der Waals surface area (Å²) in [6.07, 6.45) is 4.43. The van der Waals surface area contributed by atoms with Crippen molar-refractivity contribution in [2.45, 2.75) is 27.3 Å². The Bertz CT molecular complexity index is 973. The third-order valence-corrected chi connectivity index (χ3v) is 3.84. The van der Waals surface area contributed by atoms with Crippen LogP contribution in [-0.4, -0.2) is 35.4 Å². The van der Waals surface area contributed by atoms with Crippen LogP contribution in [0.4, 0.5) is 5.69 Å². The van der Waals surface area contributed by atoms with Gasteiger partial charge in [-0.25, -0.2) is 19.3 Å². The van der Waals surface area contributed by atoms with Crippen molar-refractivity contribution in [2.24, 2.45) is 0 Å². The normalized spacial score (nSPS) is 10.7. The van der Waals surface area contributed by atoms with Crippen molar-refractivity contribution in [2.75, 3.05) is 5.32 Å². The summed E-state index contributed by atoms with van der Waals surface area (Å²) in [5.41, 5.74) is 3.05. The van der Waals surface area contributed by atoms with Gasteiger partial charge >= 0.3 is 0 Å². The molecule has 1 amide bonds. The number of carbonyl (C=O) groups is 1. The average molecular weight is 339 g/mol. The summed E-state index contributed by atoms with van der Waals surface area (Å²) in [4.78, 5) is 32.0. The van der Waals surface area contributed by atoms with Crippen LogP contribution in [-0.2, 0) is 11.3 Å². The van der Waals surface area contributed by atoms with E-state index in [0.29, 0.717) is 11.6 Å². The molecule has 0 radical (unpaired) electrons. The van der Waals surface area contributed by atoms with Gasteiger partial charge in [-0.2, -0.15) is 10.2 Å². The number of rotatable bonds is 4. The molecule has 3 aromatic rings. The van der Waals surface area contributed by atoms with Gasteiger partial charge in [-0.05, 0) is 32.4 Å². The summed E-state index contributed by atoms with van der Waals surface area (Å²) < 4.78 is 2.73. The quantitative estimate of drug-likeness (QED) is 0.753. The van der Waals surface area contributed by atoms with Gasteiger partial charge in [0.05, 0.1) is 23.8 Å². The number of aryl methyl sites for hydroxylation is 1. The minimum Gasteiger partial charge on any atom is -0.322 e. The number of anilines is 1. The molecule has 0 fully saturated rings. The molecule has 9 heteroatoms. The lowest BCUT2D eigenvalue weighted by Gasteiger charge is -2.07. The molecule has 3 aromatic heterocycles. The number of aromatic nitrogens is 6. The second kappa shape index (κ2) is 6.63. The van der Waals surface area contributed by atoms with Crippen molar-refractivity contribution in [3.05, 3.63) is 58.0 Å². The molecule has 1 N–H and O–H groups in total. The van der Waals surface area contributed by atoms with Crippen molar-refractivity contribution in [3.8, 4) is 5.95 Å². The zero-order valence-corrected chi connectivity index (χ0v) is 14.1. The Balaban J connectivity index is 1.72. The average Bonchev–Trinajstić information content (AvgIpc) is 2.85.